The van der Waals surface area contributed by atoms with Crippen LogP contribution in [0, 0.1) is 0 Å². The largest absolute Gasteiger partial charge is 0.267 e. The Kier molecular flexibility index (Phi) is 2.69. The van der Waals surface area contributed by atoms with Crippen molar-refractivity contribution in [2.45, 2.75) is 0 Å². The van der Waals surface area contributed by atoms with Crippen LogP contribution in [0.25, 0.3) is 22.5 Å². The number of aryl methyl sites for hydroxylation is 1. The molecule has 0 N–H and O–H groups in total. The standard InChI is InChI=1S/C16H14N2/c1-18-16(14-10-6-3-7-11-14)12-15(17-18)13-8-4-2-5-9-13/h2-12H,1H3. The summed E-state index contributed by atoms with van der Waals surface area (Å²) < 4.78 is 1.93. The van der Waals surface area contributed by atoms with Crippen molar-refractivity contribution in [3.63, 3.8) is 0 Å². The fourth-order valence-electron chi connectivity index (χ4n) is 2.10. The summed E-state index contributed by atoms with van der Waals surface area (Å²) in [6, 6.07) is 22.7. The molecule has 0 aliphatic carbocycles. The van der Waals surface area contributed by atoms with Crippen LogP contribution in [0.1, 0.15) is 0 Å². The van der Waals surface area contributed by atoms with Gasteiger partial charge >= 0.3 is 0 Å². The molecule has 18 heavy (non-hydrogen) atoms. The van der Waals surface area contributed by atoms with Crippen LogP contribution >= 0.6 is 0 Å². The Morgan fingerprint density at radius 2 is 1.33 bits per heavy atom. The molecule has 0 amide bonds. The summed E-state index contributed by atoms with van der Waals surface area (Å²) in [5.41, 5.74) is 4.48. The van der Waals surface area contributed by atoms with E-state index in [4.69, 9.17) is 0 Å². The first kappa shape index (κ1) is 10.8. The van der Waals surface area contributed by atoms with Gasteiger partial charge in [-0.05, 0) is 11.6 Å². The number of aromatic nitrogens is 2. The van der Waals surface area contributed by atoms with Gasteiger partial charge in [0.05, 0.1) is 11.4 Å². The van der Waals surface area contributed by atoms with Gasteiger partial charge in [-0.2, -0.15) is 5.10 Å². The Hall–Kier alpha value is -2.35. The van der Waals surface area contributed by atoms with Crippen LogP contribution < -0.4 is 0 Å². The minimum atomic E-state index is 1.01. The number of hydrogen-bond donors (Lipinski definition) is 0. The van der Waals surface area contributed by atoms with Gasteiger partial charge in [0, 0.05) is 12.6 Å². The third-order valence-corrected chi connectivity index (χ3v) is 3.02. The normalized spacial score (nSPS) is 10.5. The molecule has 0 radical (unpaired) electrons. The lowest BCUT2D eigenvalue weighted by atomic mass is 10.1. The maximum absolute atomic E-state index is 4.57. The molecule has 0 saturated carbocycles. The van der Waals surface area contributed by atoms with E-state index >= 15 is 0 Å². The first-order chi connectivity index (χ1) is 8.84. The summed E-state index contributed by atoms with van der Waals surface area (Å²) in [4.78, 5) is 0. The second-order valence-electron chi connectivity index (χ2n) is 4.27. The fraction of sp³-hybridized carbons (Fsp3) is 0.0625. The number of hydrogen-bond acceptors (Lipinski definition) is 1. The zero-order chi connectivity index (χ0) is 12.4. The Labute approximate surface area is 107 Å². The lowest BCUT2D eigenvalue weighted by molar-refractivity contribution is 0.779. The maximum Gasteiger partial charge on any atom is 0.0929 e. The molecule has 0 spiro atoms. The van der Waals surface area contributed by atoms with E-state index < -0.39 is 0 Å². The van der Waals surface area contributed by atoms with E-state index in [1.54, 1.807) is 0 Å². The lowest BCUT2D eigenvalue weighted by Crippen LogP contribution is -1.93. The summed E-state index contributed by atoms with van der Waals surface area (Å²) in [5.74, 6) is 0. The molecule has 2 heteroatoms. The van der Waals surface area contributed by atoms with Gasteiger partial charge in [-0.25, -0.2) is 0 Å². The van der Waals surface area contributed by atoms with Crippen molar-refractivity contribution in [2.75, 3.05) is 0 Å². The minimum absolute atomic E-state index is 1.01. The Morgan fingerprint density at radius 1 is 0.778 bits per heavy atom. The second-order valence-corrected chi connectivity index (χ2v) is 4.27. The van der Waals surface area contributed by atoms with Crippen molar-refractivity contribution in [2.24, 2.45) is 7.05 Å². The average Bonchev–Trinajstić information content (AvgIpc) is 2.83. The molecule has 2 aromatic carbocycles. The monoisotopic (exact) mass is 234 g/mol. The number of benzene rings is 2. The number of rotatable bonds is 2. The van der Waals surface area contributed by atoms with Gasteiger partial charge in [-0.3, -0.25) is 4.68 Å². The molecule has 1 aromatic heterocycles. The highest BCUT2D eigenvalue weighted by molar-refractivity contribution is 5.68. The molecule has 88 valence electrons. The molecule has 0 atom stereocenters. The predicted octanol–water partition coefficient (Wildman–Crippen LogP) is 3.75. The van der Waals surface area contributed by atoms with Crippen molar-refractivity contribution >= 4 is 0 Å². The highest BCUT2D eigenvalue weighted by Gasteiger charge is 2.08. The van der Waals surface area contributed by atoms with Crippen LogP contribution in [-0.4, -0.2) is 9.78 Å². The third-order valence-electron chi connectivity index (χ3n) is 3.02. The molecule has 2 nitrogen and oxygen atoms in total. The van der Waals surface area contributed by atoms with Crippen LogP contribution in [0.5, 0.6) is 0 Å². The van der Waals surface area contributed by atoms with Gasteiger partial charge in [-0.1, -0.05) is 60.7 Å². The molecule has 0 unspecified atom stereocenters. The topological polar surface area (TPSA) is 17.8 Å². The van der Waals surface area contributed by atoms with Gasteiger partial charge in [0.1, 0.15) is 0 Å². The fourth-order valence-corrected chi connectivity index (χ4v) is 2.10. The Morgan fingerprint density at radius 3 is 1.94 bits per heavy atom. The zero-order valence-electron chi connectivity index (χ0n) is 10.2. The van der Waals surface area contributed by atoms with Crippen molar-refractivity contribution in [1.29, 1.82) is 0 Å². The molecular formula is C16H14N2. The maximum atomic E-state index is 4.57. The van der Waals surface area contributed by atoms with Crippen LogP contribution in [-0.2, 0) is 7.05 Å². The predicted molar refractivity (Wildman–Crippen MR) is 74.1 cm³/mol. The van der Waals surface area contributed by atoms with E-state index in [1.165, 1.54) is 5.56 Å². The molecule has 0 fully saturated rings. The molecular weight excluding hydrogens is 220 g/mol. The lowest BCUT2D eigenvalue weighted by Gasteiger charge is -1.99. The van der Waals surface area contributed by atoms with Crippen LogP contribution in [0.3, 0.4) is 0 Å². The first-order valence-electron chi connectivity index (χ1n) is 5.99. The molecule has 0 bridgehead atoms. The smallest absolute Gasteiger partial charge is 0.0929 e. The summed E-state index contributed by atoms with van der Waals surface area (Å²) in [7, 11) is 1.98. The Balaban J connectivity index is 2.07. The molecule has 0 saturated heterocycles. The van der Waals surface area contributed by atoms with E-state index in [0.29, 0.717) is 0 Å². The van der Waals surface area contributed by atoms with Crippen molar-refractivity contribution in [1.82, 2.24) is 9.78 Å². The molecule has 1 heterocycles. The van der Waals surface area contributed by atoms with Crippen LogP contribution in [0.4, 0.5) is 0 Å². The van der Waals surface area contributed by atoms with Crippen LogP contribution in [0.15, 0.2) is 66.7 Å². The van der Waals surface area contributed by atoms with Gasteiger partial charge in [-0.15, -0.1) is 0 Å². The third kappa shape index (κ3) is 1.93. The summed E-state index contributed by atoms with van der Waals surface area (Å²) in [6.45, 7) is 0. The zero-order valence-corrected chi connectivity index (χ0v) is 10.2. The van der Waals surface area contributed by atoms with E-state index in [-0.39, 0.29) is 0 Å². The van der Waals surface area contributed by atoms with Gasteiger partial charge in [0.25, 0.3) is 0 Å². The molecule has 0 aliphatic rings. The number of nitrogens with zero attached hydrogens (tertiary/aromatic N) is 2. The van der Waals surface area contributed by atoms with Gasteiger partial charge in [0.15, 0.2) is 0 Å². The highest BCUT2D eigenvalue weighted by atomic mass is 15.3. The summed E-state index contributed by atoms with van der Waals surface area (Å²) in [6.07, 6.45) is 0. The summed E-state index contributed by atoms with van der Waals surface area (Å²) >= 11 is 0. The van der Waals surface area contributed by atoms with Crippen LogP contribution in [0.2, 0.25) is 0 Å². The molecule has 3 aromatic rings. The van der Waals surface area contributed by atoms with Crippen molar-refractivity contribution in [3.05, 3.63) is 66.7 Å². The van der Waals surface area contributed by atoms with E-state index in [0.717, 1.165) is 17.0 Å². The van der Waals surface area contributed by atoms with E-state index in [9.17, 15) is 0 Å². The van der Waals surface area contributed by atoms with E-state index in [1.807, 2.05) is 48.1 Å². The second kappa shape index (κ2) is 4.49. The van der Waals surface area contributed by atoms with Crippen molar-refractivity contribution < 1.29 is 0 Å². The SMILES string of the molecule is Cn1nc(-c2ccccc2)cc1-c1ccccc1. The highest BCUT2D eigenvalue weighted by Crippen LogP contribution is 2.24. The Bertz CT molecular complexity index is 639. The quantitative estimate of drug-likeness (QED) is 0.660. The van der Waals surface area contributed by atoms with Gasteiger partial charge in [0.2, 0.25) is 0 Å². The average molecular weight is 234 g/mol. The molecule has 0 aliphatic heterocycles. The molecule has 3 rings (SSSR count). The van der Waals surface area contributed by atoms with E-state index in [2.05, 4.69) is 35.4 Å². The van der Waals surface area contributed by atoms with Crippen molar-refractivity contribution in [3.8, 4) is 22.5 Å². The first-order valence-corrected chi connectivity index (χ1v) is 5.99. The minimum Gasteiger partial charge on any atom is -0.267 e. The summed E-state index contributed by atoms with van der Waals surface area (Å²) in [5, 5.41) is 4.57. The van der Waals surface area contributed by atoms with Gasteiger partial charge < -0.3 is 0 Å².